The van der Waals surface area contributed by atoms with Gasteiger partial charge in [0.2, 0.25) is 0 Å². The molecule has 0 unspecified atom stereocenters. The van der Waals surface area contributed by atoms with E-state index in [1.807, 2.05) is 0 Å². The summed E-state index contributed by atoms with van der Waals surface area (Å²) in [5, 5.41) is 0. The molecule has 86 valence electrons. The Morgan fingerprint density at radius 1 is 1.53 bits per heavy atom. The third kappa shape index (κ3) is 3.08. The largest absolute Gasteiger partial charge is 0.444 e. The Morgan fingerprint density at radius 2 is 2.20 bits per heavy atom. The minimum atomic E-state index is -4.22. The van der Waals surface area contributed by atoms with Gasteiger partial charge in [-0.3, -0.25) is 0 Å². The van der Waals surface area contributed by atoms with Crippen LogP contribution in [0.3, 0.4) is 0 Å². The van der Waals surface area contributed by atoms with Crippen molar-refractivity contribution >= 4 is 0 Å². The van der Waals surface area contributed by atoms with Crippen molar-refractivity contribution in [1.82, 2.24) is 4.98 Å². The van der Waals surface area contributed by atoms with Crippen molar-refractivity contribution in [3.8, 4) is 6.08 Å². The molecule has 0 fully saturated rings. The number of rotatable bonds is 5. The summed E-state index contributed by atoms with van der Waals surface area (Å²) in [4.78, 5) is 3.50. The molecule has 0 spiro atoms. The van der Waals surface area contributed by atoms with Crippen LogP contribution in [0, 0.1) is 0 Å². The SMILES string of the molecule is NCc1coc(OCC(F)(F)C(F)F)n1. The van der Waals surface area contributed by atoms with Gasteiger partial charge in [-0.1, -0.05) is 0 Å². The molecule has 0 atom stereocenters. The van der Waals surface area contributed by atoms with Crippen LogP contribution >= 0.6 is 0 Å². The highest BCUT2D eigenvalue weighted by Crippen LogP contribution is 2.23. The monoisotopic (exact) mass is 228 g/mol. The summed E-state index contributed by atoms with van der Waals surface area (Å²) in [7, 11) is 0. The normalized spacial score (nSPS) is 12.1. The standard InChI is InChI=1S/C7H8F4N2O2/c8-5(9)7(10,11)3-15-6-13-4(1-12)2-14-6/h2,5H,1,3,12H2. The average Bonchev–Trinajstić information content (AvgIpc) is 2.62. The van der Waals surface area contributed by atoms with Crippen molar-refractivity contribution in [1.29, 1.82) is 0 Å². The highest BCUT2D eigenvalue weighted by molar-refractivity contribution is 4.99. The third-order valence-electron chi connectivity index (χ3n) is 1.45. The Hall–Kier alpha value is -1.31. The quantitative estimate of drug-likeness (QED) is 0.774. The summed E-state index contributed by atoms with van der Waals surface area (Å²) in [6, 6.07) is 0. The molecule has 8 heteroatoms. The molecule has 1 rings (SSSR count). The fourth-order valence-electron chi connectivity index (χ4n) is 0.669. The minimum Gasteiger partial charge on any atom is -0.444 e. The first-order valence-electron chi connectivity index (χ1n) is 3.89. The first-order chi connectivity index (χ1) is 6.95. The number of nitrogens with zero attached hydrogens (tertiary/aromatic N) is 1. The first kappa shape index (κ1) is 11.8. The molecule has 1 aromatic heterocycles. The van der Waals surface area contributed by atoms with Crippen molar-refractivity contribution < 1.29 is 26.7 Å². The number of ether oxygens (including phenoxy) is 1. The lowest BCUT2D eigenvalue weighted by molar-refractivity contribution is -0.151. The fourth-order valence-corrected chi connectivity index (χ4v) is 0.669. The lowest BCUT2D eigenvalue weighted by Gasteiger charge is -2.13. The maximum atomic E-state index is 12.4. The number of oxazole rings is 1. The van der Waals surface area contributed by atoms with E-state index in [-0.39, 0.29) is 12.2 Å². The summed E-state index contributed by atoms with van der Waals surface area (Å²) < 4.78 is 56.9. The second-order valence-electron chi connectivity index (χ2n) is 2.66. The highest BCUT2D eigenvalue weighted by atomic mass is 19.3. The maximum Gasteiger partial charge on any atom is 0.393 e. The molecule has 1 aromatic rings. The number of alkyl halides is 4. The van der Waals surface area contributed by atoms with E-state index in [0.717, 1.165) is 6.26 Å². The van der Waals surface area contributed by atoms with Gasteiger partial charge in [-0.05, 0) is 0 Å². The van der Waals surface area contributed by atoms with E-state index in [1.54, 1.807) is 0 Å². The van der Waals surface area contributed by atoms with Crippen molar-refractivity contribution in [3.63, 3.8) is 0 Å². The van der Waals surface area contributed by atoms with Gasteiger partial charge in [-0.25, -0.2) is 8.78 Å². The topological polar surface area (TPSA) is 61.3 Å². The van der Waals surface area contributed by atoms with Gasteiger partial charge in [-0.2, -0.15) is 13.8 Å². The number of nitrogens with two attached hydrogens (primary N) is 1. The second kappa shape index (κ2) is 4.47. The molecule has 0 aliphatic carbocycles. The molecule has 0 aliphatic heterocycles. The van der Waals surface area contributed by atoms with Crippen molar-refractivity contribution in [2.75, 3.05) is 6.61 Å². The maximum absolute atomic E-state index is 12.4. The van der Waals surface area contributed by atoms with Gasteiger partial charge in [0, 0.05) is 6.54 Å². The third-order valence-corrected chi connectivity index (χ3v) is 1.45. The van der Waals surface area contributed by atoms with Crippen LogP contribution in [-0.4, -0.2) is 23.9 Å². The van der Waals surface area contributed by atoms with E-state index in [1.165, 1.54) is 0 Å². The smallest absolute Gasteiger partial charge is 0.393 e. The highest BCUT2D eigenvalue weighted by Gasteiger charge is 2.42. The van der Waals surface area contributed by atoms with Gasteiger partial charge in [0.1, 0.15) is 6.26 Å². The van der Waals surface area contributed by atoms with Crippen LogP contribution in [0.1, 0.15) is 5.69 Å². The van der Waals surface area contributed by atoms with Gasteiger partial charge in [0.25, 0.3) is 0 Å². The van der Waals surface area contributed by atoms with E-state index in [4.69, 9.17) is 5.73 Å². The Balaban J connectivity index is 2.50. The molecule has 15 heavy (non-hydrogen) atoms. The van der Waals surface area contributed by atoms with E-state index in [0.29, 0.717) is 0 Å². The Kier molecular flexibility index (Phi) is 3.51. The molecule has 0 saturated carbocycles. The van der Waals surface area contributed by atoms with Gasteiger partial charge in [0.05, 0.1) is 5.69 Å². The Bertz CT molecular complexity index is 316. The Morgan fingerprint density at radius 3 is 2.67 bits per heavy atom. The molecule has 0 radical (unpaired) electrons. The zero-order chi connectivity index (χ0) is 11.5. The van der Waals surface area contributed by atoms with E-state index in [9.17, 15) is 17.6 Å². The number of halogens is 4. The van der Waals surface area contributed by atoms with Gasteiger partial charge in [0.15, 0.2) is 6.61 Å². The van der Waals surface area contributed by atoms with Gasteiger partial charge >= 0.3 is 18.4 Å². The molecule has 0 saturated heterocycles. The zero-order valence-electron chi connectivity index (χ0n) is 7.42. The predicted molar refractivity (Wildman–Crippen MR) is 40.8 cm³/mol. The zero-order valence-corrected chi connectivity index (χ0v) is 7.42. The van der Waals surface area contributed by atoms with Crippen molar-refractivity contribution in [2.24, 2.45) is 5.73 Å². The molecular weight excluding hydrogens is 220 g/mol. The van der Waals surface area contributed by atoms with Crippen molar-refractivity contribution in [2.45, 2.75) is 18.9 Å². The van der Waals surface area contributed by atoms with Gasteiger partial charge in [-0.15, -0.1) is 0 Å². The summed E-state index contributed by atoms with van der Waals surface area (Å²) in [5.41, 5.74) is 5.43. The molecule has 2 N–H and O–H groups in total. The lowest BCUT2D eigenvalue weighted by atomic mass is 10.4. The van der Waals surface area contributed by atoms with Crippen LogP contribution in [0.15, 0.2) is 10.7 Å². The van der Waals surface area contributed by atoms with E-state index < -0.39 is 25.0 Å². The molecule has 1 heterocycles. The summed E-state index contributed by atoms with van der Waals surface area (Å²) in [5.74, 6) is -4.22. The average molecular weight is 228 g/mol. The lowest BCUT2D eigenvalue weighted by Crippen LogP contribution is -2.33. The summed E-state index contributed by atoms with van der Waals surface area (Å²) in [6.45, 7) is -1.45. The minimum absolute atomic E-state index is 0.0398. The number of hydrogen-bond donors (Lipinski definition) is 1. The predicted octanol–water partition coefficient (Wildman–Crippen LogP) is 1.41. The second-order valence-corrected chi connectivity index (χ2v) is 2.66. The van der Waals surface area contributed by atoms with E-state index >= 15 is 0 Å². The number of aromatic nitrogens is 1. The molecular formula is C7H8F4N2O2. The number of hydrogen-bond acceptors (Lipinski definition) is 4. The van der Waals surface area contributed by atoms with E-state index in [2.05, 4.69) is 14.1 Å². The van der Waals surface area contributed by atoms with Crippen LogP contribution in [0.25, 0.3) is 0 Å². The molecule has 4 nitrogen and oxygen atoms in total. The first-order valence-corrected chi connectivity index (χ1v) is 3.89. The fraction of sp³-hybridized carbons (Fsp3) is 0.571. The van der Waals surface area contributed by atoms with Crippen molar-refractivity contribution in [3.05, 3.63) is 12.0 Å². The molecule has 0 aromatic carbocycles. The van der Waals surface area contributed by atoms with Gasteiger partial charge < -0.3 is 14.9 Å². The molecule has 0 aliphatic rings. The van der Waals surface area contributed by atoms with Crippen LogP contribution in [0.5, 0.6) is 6.08 Å². The van der Waals surface area contributed by atoms with Crippen LogP contribution < -0.4 is 10.5 Å². The Labute approximate surface area is 82.0 Å². The summed E-state index contributed by atoms with van der Waals surface area (Å²) >= 11 is 0. The van der Waals surface area contributed by atoms with Crippen LogP contribution in [-0.2, 0) is 6.54 Å². The summed E-state index contributed by atoms with van der Waals surface area (Å²) in [6.07, 6.45) is -3.20. The van der Waals surface area contributed by atoms with Crippen LogP contribution in [0.2, 0.25) is 0 Å². The van der Waals surface area contributed by atoms with Crippen LogP contribution in [0.4, 0.5) is 17.6 Å². The molecule has 0 bridgehead atoms. The molecule has 0 amide bonds.